The lowest BCUT2D eigenvalue weighted by Crippen LogP contribution is -2.32. The predicted molar refractivity (Wildman–Crippen MR) is 30.1 cm³/mol. The van der Waals surface area contributed by atoms with Crippen LogP contribution in [0.25, 0.3) is 0 Å². The first-order valence-electron chi connectivity index (χ1n) is 2.74. The van der Waals surface area contributed by atoms with E-state index < -0.39 is 28.5 Å². The van der Waals surface area contributed by atoms with Crippen LogP contribution in [0, 0.1) is 0 Å². The SMILES string of the molecule is FC(F)(F)C1(F)OC1(F)F.O=S(=O)(O)O. The average molecular weight is 264 g/mol. The van der Waals surface area contributed by atoms with Crippen LogP contribution in [0.15, 0.2) is 0 Å². The molecule has 0 saturated carbocycles. The number of halogens is 6. The van der Waals surface area contributed by atoms with E-state index >= 15 is 0 Å². The van der Waals surface area contributed by atoms with Crippen molar-refractivity contribution in [2.24, 2.45) is 0 Å². The molecule has 2 N–H and O–H groups in total. The number of rotatable bonds is 0. The number of hydrogen-bond donors (Lipinski definition) is 2. The molecule has 0 radical (unpaired) electrons. The molecule has 5 nitrogen and oxygen atoms in total. The topological polar surface area (TPSA) is 87.1 Å². The maximum Gasteiger partial charge on any atom is 0.458 e. The van der Waals surface area contributed by atoms with Crippen molar-refractivity contribution >= 4 is 10.4 Å². The van der Waals surface area contributed by atoms with Gasteiger partial charge in [-0.05, 0) is 0 Å². The molecule has 12 heteroatoms. The van der Waals surface area contributed by atoms with Gasteiger partial charge in [-0.3, -0.25) is 13.8 Å². The molecule has 0 aromatic carbocycles. The zero-order valence-corrected chi connectivity index (χ0v) is 7.11. The summed E-state index contributed by atoms with van der Waals surface area (Å²) < 4.78 is 102. The van der Waals surface area contributed by atoms with Gasteiger partial charge in [0.2, 0.25) is 0 Å². The van der Waals surface area contributed by atoms with Gasteiger partial charge in [-0.2, -0.15) is 34.8 Å². The van der Waals surface area contributed by atoms with Gasteiger partial charge in [0, 0.05) is 0 Å². The number of hydrogen-bond acceptors (Lipinski definition) is 3. The average Bonchev–Trinajstić information content (AvgIpc) is 2.25. The summed E-state index contributed by atoms with van der Waals surface area (Å²) in [7, 11) is -4.67. The van der Waals surface area contributed by atoms with Crippen molar-refractivity contribution in [3.05, 3.63) is 0 Å². The summed E-state index contributed by atoms with van der Waals surface area (Å²) in [6.45, 7) is 0. The molecule has 0 aromatic rings. The Labute approximate surface area is 78.2 Å². The molecule has 0 aliphatic carbocycles. The van der Waals surface area contributed by atoms with Gasteiger partial charge in [-0.25, -0.2) is 0 Å². The van der Waals surface area contributed by atoms with Gasteiger partial charge >= 0.3 is 28.5 Å². The highest BCUT2D eigenvalue weighted by molar-refractivity contribution is 7.79. The van der Waals surface area contributed by atoms with Crippen molar-refractivity contribution in [3.63, 3.8) is 0 Å². The molecule has 0 amide bonds. The normalized spacial score (nSPS) is 29.1. The Balaban J connectivity index is 0.000000336. The van der Waals surface area contributed by atoms with Crippen LogP contribution >= 0.6 is 0 Å². The zero-order valence-electron chi connectivity index (χ0n) is 6.30. The summed E-state index contributed by atoms with van der Waals surface area (Å²) in [6, 6.07) is 0. The monoisotopic (exact) mass is 264 g/mol. The van der Waals surface area contributed by atoms with Crippen molar-refractivity contribution in [2.45, 2.75) is 18.1 Å². The predicted octanol–water partition coefficient (Wildman–Crippen LogP) is 1.18. The third-order valence-electron chi connectivity index (χ3n) is 0.966. The lowest BCUT2D eigenvalue weighted by molar-refractivity contribution is -0.231. The second-order valence-electron chi connectivity index (χ2n) is 2.16. The molecular weight excluding hydrogens is 262 g/mol. The number of epoxide rings is 1. The van der Waals surface area contributed by atoms with Crippen molar-refractivity contribution < 1.29 is 48.6 Å². The fourth-order valence-electron chi connectivity index (χ4n) is 0.374. The maximum atomic E-state index is 11.7. The van der Waals surface area contributed by atoms with Crippen molar-refractivity contribution in [1.82, 2.24) is 0 Å². The van der Waals surface area contributed by atoms with E-state index in [4.69, 9.17) is 17.5 Å². The van der Waals surface area contributed by atoms with Gasteiger partial charge < -0.3 is 0 Å². The van der Waals surface area contributed by atoms with Crippen LogP contribution < -0.4 is 0 Å². The smallest absolute Gasteiger partial charge is 0.264 e. The van der Waals surface area contributed by atoms with Gasteiger partial charge in [0.1, 0.15) is 0 Å². The van der Waals surface area contributed by atoms with Gasteiger partial charge in [-0.15, -0.1) is 0 Å². The van der Waals surface area contributed by atoms with Gasteiger partial charge in [0.15, 0.2) is 0 Å². The fraction of sp³-hybridized carbons (Fsp3) is 1.00. The van der Waals surface area contributed by atoms with E-state index in [1.54, 1.807) is 0 Å². The Morgan fingerprint density at radius 1 is 1.07 bits per heavy atom. The number of alkyl halides is 6. The minimum absolute atomic E-state index is 2.53. The van der Waals surface area contributed by atoms with Gasteiger partial charge in [0.05, 0.1) is 0 Å². The highest BCUT2D eigenvalue weighted by atomic mass is 32.3. The lowest BCUT2D eigenvalue weighted by atomic mass is 10.4. The zero-order chi connectivity index (χ0) is 12.7. The van der Waals surface area contributed by atoms with Crippen LogP contribution in [0.2, 0.25) is 0 Å². The molecule has 15 heavy (non-hydrogen) atoms. The highest BCUT2D eigenvalue weighted by Gasteiger charge is 2.90. The summed E-state index contributed by atoms with van der Waals surface area (Å²) in [4.78, 5) is 0. The van der Waals surface area contributed by atoms with Crippen LogP contribution in [-0.2, 0) is 15.1 Å². The molecule has 0 aromatic heterocycles. The molecule has 1 unspecified atom stereocenters. The molecule has 1 aliphatic rings. The van der Waals surface area contributed by atoms with E-state index in [-0.39, 0.29) is 0 Å². The van der Waals surface area contributed by atoms with E-state index in [1.807, 2.05) is 0 Å². The van der Waals surface area contributed by atoms with E-state index in [0.29, 0.717) is 0 Å². The second-order valence-corrected chi connectivity index (χ2v) is 3.06. The highest BCUT2D eigenvalue weighted by Crippen LogP contribution is 2.60. The van der Waals surface area contributed by atoms with Crippen LogP contribution in [0.5, 0.6) is 0 Å². The van der Waals surface area contributed by atoms with E-state index in [1.165, 1.54) is 0 Å². The molecule has 1 atom stereocenters. The summed E-state index contributed by atoms with van der Waals surface area (Å²) in [5.74, 6) is -4.75. The molecule has 92 valence electrons. The van der Waals surface area contributed by atoms with Crippen molar-refractivity contribution in [1.29, 1.82) is 0 Å². The first kappa shape index (κ1) is 14.4. The third-order valence-corrected chi connectivity index (χ3v) is 0.966. The molecular formula is C3H2F6O5S. The molecule has 1 aliphatic heterocycles. The minimum Gasteiger partial charge on any atom is -0.264 e. The largest absolute Gasteiger partial charge is 0.458 e. The summed E-state index contributed by atoms with van der Waals surface area (Å²) in [5, 5.41) is 0. The van der Waals surface area contributed by atoms with E-state index in [0.717, 1.165) is 0 Å². The Morgan fingerprint density at radius 3 is 1.27 bits per heavy atom. The summed E-state index contributed by atoms with van der Waals surface area (Å²) in [5.41, 5.74) is 0. The van der Waals surface area contributed by atoms with E-state index in [9.17, 15) is 26.3 Å². The van der Waals surface area contributed by atoms with Crippen LogP contribution in [0.1, 0.15) is 0 Å². The fourth-order valence-corrected chi connectivity index (χ4v) is 0.374. The standard InChI is InChI=1S/C3F6O.H2O4S/c4-1(2(5,6)7)3(8,9)10-1;1-5(2,3)4/h;(H2,1,2,3,4). The quantitative estimate of drug-likeness (QED) is 0.390. The Morgan fingerprint density at radius 2 is 1.27 bits per heavy atom. The minimum atomic E-state index is -5.66. The van der Waals surface area contributed by atoms with Crippen molar-refractivity contribution in [3.8, 4) is 0 Å². The lowest BCUT2D eigenvalue weighted by Gasteiger charge is -2.04. The van der Waals surface area contributed by atoms with Crippen LogP contribution in [0.3, 0.4) is 0 Å². The molecule has 1 rings (SSSR count). The molecule has 1 heterocycles. The molecule has 1 saturated heterocycles. The summed E-state index contributed by atoms with van der Waals surface area (Å²) in [6.07, 6.45) is -10.4. The van der Waals surface area contributed by atoms with Crippen LogP contribution in [0.4, 0.5) is 26.3 Å². The Hall–Kier alpha value is -0.590. The number of ether oxygens (including phenoxy) is 1. The van der Waals surface area contributed by atoms with Crippen molar-refractivity contribution in [2.75, 3.05) is 0 Å². The maximum absolute atomic E-state index is 11.7. The first-order valence-corrected chi connectivity index (χ1v) is 4.14. The first-order chi connectivity index (χ1) is 6.21. The Kier molecular flexibility index (Phi) is 3.33. The van der Waals surface area contributed by atoms with Gasteiger partial charge in [-0.1, -0.05) is 0 Å². The Bertz CT molecular complexity index is 325. The van der Waals surface area contributed by atoms with Gasteiger partial charge in [0.25, 0.3) is 0 Å². The molecule has 0 bridgehead atoms. The molecule has 1 fully saturated rings. The summed E-state index contributed by atoms with van der Waals surface area (Å²) >= 11 is 0. The second kappa shape index (κ2) is 3.47. The van der Waals surface area contributed by atoms with Crippen LogP contribution in [-0.4, -0.2) is 35.7 Å². The third kappa shape index (κ3) is 3.81. The molecule has 0 spiro atoms. The van der Waals surface area contributed by atoms with E-state index in [2.05, 4.69) is 4.74 Å².